The molecule has 0 aliphatic heterocycles. The molecule has 0 saturated heterocycles. The third-order valence-corrected chi connectivity index (χ3v) is 3.73. The van der Waals surface area contributed by atoms with E-state index in [1.807, 2.05) is 6.07 Å². The van der Waals surface area contributed by atoms with E-state index < -0.39 is 0 Å². The molecule has 1 aromatic heterocycles. The van der Waals surface area contributed by atoms with E-state index in [0.717, 1.165) is 12.5 Å². The molecule has 0 aliphatic carbocycles. The molecule has 0 radical (unpaired) electrons. The Bertz CT molecular complexity index is 526. The summed E-state index contributed by atoms with van der Waals surface area (Å²) in [5.41, 5.74) is 2.51. The second-order valence-electron chi connectivity index (χ2n) is 4.60. The summed E-state index contributed by atoms with van der Waals surface area (Å²) >= 11 is 1.71. The highest BCUT2D eigenvalue weighted by atomic mass is 127. The molecule has 1 unspecified atom stereocenters. The number of nitrogens with one attached hydrogen (secondary N) is 2. The molecule has 2 rings (SSSR count). The van der Waals surface area contributed by atoms with Crippen LogP contribution in [0.1, 0.15) is 31.0 Å². The van der Waals surface area contributed by atoms with Gasteiger partial charge >= 0.3 is 0 Å². The van der Waals surface area contributed by atoms with E-state index in [4.69, 9.17) is 0 Å². The summed E-state index contributed by atoms with van der Waals surface area (Å²) in [5, 5.41) is 10.9. The summed E-state index contributed by atoms with van der Waals surface area (Å²) in [6, 6.07) is 12.7. The molecule has 114 valence electrons. The predicted octanol–water partition coefficient (Wildman–Crippen LogP) is 4.18. The van der Waals surface area contributed by atoms with E-state index in [-0.39, 0.29) is 30.0 Å². The molecule has 5 heteroatoms. The van der Waals surface area contributed by atoms with Gasteiger partial charge in [0.25, 0.3) is 0 Å². The number of benzene rings is 1. The number of guanidine groups is 1. The number of hydrogen-bond acceptors (Lipinski definition) is 2. The van der Waals surface area contributed by atoms with Crippen LogP contribution in [0.5, 0.6) is 0 Å². The maximum Gasteiger partial charge on any atom is 0.192 e. The topological polar surface area (TPSA) is 36.4 Å². The molecule has 2 aromatic rings. The van der Waals surface area contributed by atoms with Gasteiger partial charge in [-0.1, -0.05) is 30.3 Å². The molecular weight excluding hydrogens is 393 g/mol. The van der Waals surface area contributed by atoms with Crippen molar-refractivity contribution in [1.82, 2.24) is 10.6 Å². The Labute approximate surface area is 147 Å². The first-order valence-electron chi connectivity index (χ1n) is 6.90. The highest BCUT2D eigenvalue weighted by Crippen LogP contribution is 2.11. The molecule has 0 fully saturated rings. The Hall–Kier alpha value is -1.08. The van der Waals surface area contributed by atoms with Crippen molar-refractivity contribution < 1.29 is 0 Å². The fraction of sp³-hybridized carbons (Fsp3) is 0.312. The summed E-state index contributed by atoms with van der Waals surface area (Å²) in [7, 11) is 0. The molecule has 2 N–H and O–H groups in total. The Morgan fingerprint density at radius 2 is 2.00 bits per heavy atom. The molecule has 0 amide bonds. The van der Waals surface area contributed by atoms with Gasteiger partial charge in [-0.25, -0.2) is 4.99 Å². The smallest absolute Gasteiger partial charge is 0.192 e. The van der Waals surface area contributed by atoms with E-state index in [2.05, 4.69) is 70.6 Å². The van der Waals surface area contributed by atoms with Crippen LogP contribution in [0.4, 0.5) is 0 Å². The largest absolute Gasteiger partial charge is 0.357 e. The zero-order chi connectivity index (χ0) is 14.2. The van der Waals surface area contributed by atoms with Crippen molar-refractivity contribution in [3.8, 4) is 0 Å². The average molecular weight is 415 g/mol. The van der Waals surface area contributed by atoms with Crippen molar-refractivity contribution in [2.75, 3.05) is 6.54 Å². The van der Waals surface area contributed by atoms with Crippen LogP contribution in [0, 0.1) is 0 Å². The van der Waals surface area contributed by atoms with E-state index in [0.29, 0.717) is 6.54 Å². The molecule has 0 bridgehead atoms. The van der Waals surface area contributed by atoms with E-state index in [1.165, 1.54) is 11.1 Å². The van der Waals surface area contributed by atoms with Gasteiger partial charge in [0.05, 0.1) is 12.6 Å². The van der Waals surface area contributed by atoms with E-state index >= 15 is 0 Å². The Morgan fingerprint density at radius 3 is 2.62 bits per heavy atom. The Kier molecular flexibility index (Phi) is 8.37. The van der Waals surface area contributed by atoms with E-state index in [1.54, 1.807) is 11.3 Å². The molecule has 21 heavy (non-hydrogen) atoms. The van der Waals surface area contributed by atoms with Crippen LogP contribution in [0.25, 0.3) is 0 Å². The van der Waals surface area contributed by atoms with Gasteiger partial charge in [-0.05, 0) is 41.8 Å². The lowest BCUT2D eigenvalue weighted by molar-refractivity contribution is 0.686. The van der Waals surface area contributed by atoms with Crippen molar-refractivity contribution in [3.05, 3.63) is 58.3 Å². The van der Waals surface area contributed by atoms with Gasteiger partial charge < -0.3 is 10.6 Å². The van der Waals surface area contributed by atoms with Crippen LogP contribution < -0.4 is 10.6 Å². The third-order valence-electron chi connectivity index (χ3n) is 3.00. The predicted molar refractivity (Wildman–Crippen MR) is 103 cm³/mol. The van der Waals surface area contributed by atoms with Gasteiger partial charge in [-0.2, -0.15) is 11.3 Å². The third kappa shape index (κ3) is 6.05. The molecule has 0 spiro atoms. The van der Waals surface area contributed by atoms with Crippen LogP contribution in [0.2, 0.25) is 0 Å². The van der Waals surface area contributed by atoms with Crippen molar-refractivity contribution >= 4 is 41.3 Å². The maximum atomic E-state index is 4.62. The number of rotatable bonds is 5. The standard InChI is InChI=1S/C16H21N3S.HI/c1-3-17-16(18-11-14-9-10-20-12-14)19-13(2)15-7-5-4-6-8-15;/h4-10,12-13H,3,11H2,1-2H3,(H2,17,18,19);1H. The second-order valence-corrected chi connectivity index (χ2v) is 5.38. The SMILES string of the molecule is CCNC(=NCc1ccsc1)NC(C)c1ccccc1.I. The van der Waals surface area contributed by atoms with Crippen LogP contribution in [-0.2, 0) is 6.54 Å². The summed E-state index contributed by atoms with van der Waals surface area (Å²) in [5.74, 6) is 0.857. The number of halogens is 1. The highest BCUT2D eigenvalue weighted by molar-refractivity contribution is 14.0. The number of thiophene rings is 1. The van der Waals surface area contributed by atoms with Crippen molar-refractivity contribution in [3.63, 3.8) is 0 Å². The maximum absolute atomic E-state index is 4.62. The van der Waals surface area contributed by atoms with Crippen molar-refractivity contribution in [2.24, 2.45) is 4.99 Å². The molecule has 1 aromatic carbocycles. The van der Waals surface area contributed by atoms with Gasteiger partial charge in [-0.15, -0.1) is 24.0 Å². The lowest BCUT2D eigenvalue weighted by Gasteiger charge is -2.18. The highest BCUT2D eigenvalue weighted by Gasteiger charge is 2.06. The van der Waals surface area contributed by atoms with Gasteiger partial charge in [0.2, 0.25) is 0 Å². The summed E-state index contributed by atoms with van der Waals surface area (Å²) in [6.07, 6.45) is 0. The first kappa shape index (κ1) is 18.0. The van der Waals surface area contributed by atoms with E-state index in [9.17, 15) is 0 Å². The summed E-state index contributed by atoms with van der Waals surface area (Å²) in [6.45, 7) is 5.79. The van der Waals surface area contributed by atoms with Crippen LogP contribution >= 0.6 is 35.3 Å². The first-order chi connectivity index (χ1) is 9.79. The van der Waals surface area contributed by atoms with Gasteiger partial charge in [-0.3, -0.25) is 0 Å². The Balaban J connectivity index is 0.00000220. The molecule has 1 heterocycles. The van der Waals surface area contributed by atoms with Crippen LogP contribution in [0.15, 0.2) is 52.2 Å². The minimum atomic E-state index is 0. The molecule has 0 saturated carbocycles. The lowest BCUT2D eigenvalue weighted by atomic mass is 10.1. The molecule has 3 nitrogen and oxygen atoms in total. The zero-order valence-electron chi connectivity index (χ0n) is 12.4. The fourth-order valence-electron chi connectivity index (χ4n) is 1.90. The minimum Gasteiger partial charge on any atom is -0.357 e. The monoisotopic (exact) mass is 415 g/mol. The number of hydrogen-bond donors (Lipinski definition) is 2. The first-order valence-corrected chi connectivity index (χ1v) is 7.84. The van der Waals surface area contributed by atoms with Gasteiger partial charge in [0, 0.05) is 6.54 Å². The lowest BCUT2D eigenvalue weighted by Crippen LogP contribution is -2.38. The van der Waals surface area contributed by atoms with Crippen molar-refractivity contribution in [1.29, 1.82) is 0 Å². The van der Waals surface area contributed by atoms with Crippen LogP contribution in [0.3, 0.4) is 0 Å². The quantitative estimate of drug-likeness (QED) is 0.437. The average Bonchev–Trinajstić information content (AvgIpc) is 2.99. The number of nitrogens with zero attached hydrogens (tertiary/aromatic N) is 1. The Morgan fingerprint density at radius 1 is 1.24 bits per heavy atom. The zero-order valence-corrected chi connectivity index (χ0v) is 15.5. The second kappa shape index (κ2) is 9.78. The number of aliphatic imine (C=N–C) groups is 1. The fourth-order valence-corrected chi connectivity index (χ4v) is 2.56. The minimum absolute atomic E-state index is 0. The summed E-state index contributed by atoms with van der Waals surface area (Å²) < 4.78 is 0. The van der Waals surface area contributed by atoms with Gasteiger partial charge in [0.1, 0.15) is 0 Å². The van der Waals surface area contributed by atoms with Crippen LogP contribution in [-0.4, -0.2) is 12.5 Å². The van der Waals surface area contributed by atoms with Gasteiger partial charge in [0.15, 0.2) is 5.96 Å². The van der Waals surface area contributed by atoms with Crippen molar-refractivity contribution in [2.45, 2.75) is 26.4 Å². The molecule has 1 atom stereocenters. The normalized spacial score (nSPS) is 12.4. The molecule has 0 aliphatic rings. The summed E-state index contributed by atoms with van der Waals surface area (Å²) in [4.78, 5) is 4.62. The molecular formula is C16H22IN3S.